The van der Waals surface area contributed by atoms with Crippen LogP contribution in [-0.2, 0) is 9.47 Å². The Kier molecular flexibility index (Phi) is 6.48. The van der Waals surface area contributed by atoms with Crippen molar-refractivity contribution in [3.63, 3.8) is 0 Å². The van der Waals surface area contributed by atoms with E-state index in [-0.39, 0.29) is 5.60 Å². The maximum atomic E-state index is 6.12. The highest BCUT2D eigenvalue weighted by Gasteiger charge is 2.26. The SMILES string of the molecule is CCC(C)(C)CCOC(OC(C)(C)CC)c1ccc(C)o1. The molecule has 0 fully saturated rings. The minimum atomic E-state index is -0.429. The summed E-state index contributed by atoms with van der Waals surface area (Å²) in [5.41, 5.74) is 0.0650. The monoisotopic (exact) mass is 296 g/mol. The zero-order chi connectivity index (χ0) is 16.1. The highest BCUT2D eigenvalue weighted by molar-refractivity contribution is 5.07. The largest absolute Gasteiger partial charge is 0.461 e. The molecule has 1 rings (SSSR count). The third-order valence-electron chi connectivity index (χ3n) is 4.28. The topological polar surface area (TPSA) is 31.6 Å². The lowest BCUT2D eigenvalue weighted by Crippen LogP contribution is -2.27. The van der Waals surface area contributed by atoms with Crippen LogP contribution in [0.1, 0.15) is 78.6 Å². The Balaban J connectivity index is 2.69. The summed E-state index contributed by atoms with van der Waals surface area (Å²) in [5.74, 6) is 1.63. The van der Waals surface area contributed by atoms with Crippen molar-refractivity contribution in [1.29, 1.82) is 0 Å². The Labute approximate surface area is 130 Å². The van der Waals surface area contributed by atoms with Crippen LogP contribution in [0.4, 0.5) is 0 Å². The highest BCUT2D eigenvalue weighted by atomic mass is 16.7. The zero-order valence-corrected chi connectivity index (χ0v) is 14.8. The van der Waals surface area contributed by atoms with Gasteiger partial charge in [-0.3, -0.25) is 0 Å². The number of aryl methyl sites for hydroxylation is 1. The van der Waals surface area contributed by atoms with Crippen LogP contribution in [0.25, 0.3) is 0 Å². The Morgan fingerprint density at radius 1 is 1.10 bits per heavy atom. The van der Waals surface area contributed by atoms with Gasteiger partial charge in [0.05, 0.1) is 12.2 Å². The second-order valence-corrected chi connectivity index (χ2v) is 7.15. The van der Waals surface area contributed by atoms with Crippen molar-refractivity contribution in [2.45, 2.75) is 79.6 Å². The summed E-state index contributed by atoms with van der Waals surface area (Å²) < 4.78 is 17.8. The van der Waals surface area contributed by atoms with E-state index < -0.39 is 6.29 Å². The van der Waals surface area contributed by atoms with Crippen molar-refractivity contribution in [1.82, 2.24) is 0 Å². The molecule has 0 aliphatic rings. The summed E-state index contributed by atoms with van der Waals surface area (Å²) in [5, 5.41) is 0. The Hall–Kier alpha value is -0.800. The lowest BCUT2D eigenvalue weighted by molar-refractivity contribution is -0.216. The van der Waals surface area contributed by atoms with Crippen molar-refractivity contribution in [3.05, 3.63) is 23.7 Å². The first-order valence-corrected chi connectivity index (χ1v) is 8.05. The van der Waals surface area contributed by atoms with E-state index >= 15 is 0 Å². The van der Waals surface area contributed by atoms with E-state index in [1.165, 1.54) is 0 Å². The van der Waals surface area contributed by atoms with Crippen LogP contribution in [0.5, 0.6) is 0 Å². The van der Waals surface area contributed by atoms with Crippen molar-refractivity contribution in [3.8, 4) is 0 Å². The lowest BCUT2D eigenvalue weighted by atomic mass is 9.87. The first kappa shape index (κ1) is 18.2. The van der Waals surface area contributed by atoms with Gasteiger partial charge in [0, 0.05) is 0 Å². The first-order chi connectivity index (χ1) is 9.69. The maximum absolute atomic E-state index is 6.12. The molecule has 3 heteroatoms. The van der Waals surface area contributed by atoms with Gasteiger partial charge in [-0.25, -0.2) is 0 Å². The fraction of sp³-hybridized carbons (Fsp3) is 0.778. The van der Waals surface area contributed by atoms with Crippen molar-refractivity contribution < 1.29 is 13.9 Å². The molecule has 1 aromatic rings. The van der Waals surface area contributed by atoms with Gasteiger partial charge < -0.3 is 13.9 Å². The molecule has 0 amide bonds. The van der Waals surface area contributed by atoms with Crippen LogP contribution in [0, 0.1) is 12.3 Å². The van der Waals surface area contributed by atoms with Gasteiger partial charge in [-0.15, -0.1) is 0 Å². The molecule has 0 spiro atoms. The van der Waals surface area contributed by atoms with E-state index in [1.807, 2.05) is 19.1 Å². The normalized spacial score (nSPS) is 14.4. The Morgan fingerprint density at radius 3 is 2.24 bits per heavy atom. The lowest BCUT2D eigenvalue weighted by Gasteiger charge is -2.30. The molecule has 0 N–H and O–H groups in total. The number of ether oxygens (including phenoxy) is 2. The van der Waals surface area contributed by atoms with Crippen LogP contribution in [-0.4, -0.2) is 12.2 Å². The summed E-state index contributed by atoms with van der Waals surface area (Å²) in [6.45, 7) is 15.6. The van der Waals surface area contributed by atoms with Crippen molar-refractivity contribution in [2.24, 2.45) is 5.41 Å². The molecule has 1 atom stereocenters. The summed E-state index contributed by atoms with van der Waals surface area (Å²) in [4.78, 5) is 0. The van der Waals surface area contributed by atoms with Crippen molar-refractivity contribution in [2.75, 3.05) is 6.61 Å². The second kappa shape index (κ2) is 7.46. The predicted molar refractivity (Wildman–Crippen MR) is 86.3 cm³/mol. The number of hydrogen-bond donors (Lipinski definition) is 0. The summed E-state index contributed by atoms with van der Waals surface area (Å²) >= 11 is 0. The Morgan fingerprint density at radius 2 is 1.76 bits per heavy atom. The average molecular weight is 296 g/mol. The fourth-order valence-electron chi connectivity index (χ4n) is 1.75. The first-order valence-electron chi connectivity index (χ1n) is 8.05. The van der Waals surface area contributed by atoms with E-state index in [1.54, 1.807) is 0 Å². The third kappa shape index (κ3) is 6.23. The van der Waals surface area contributed by atoms with Gasteiger partial charge in [-0.05, 0) is 51.2 Å². The average Bonchev–Trinajstić information content (AvgIpc) is 2.84. The number of furan rings is 1. The smallest absolute Gasteiger partial charge is 0.217 e. The van der Waals surface area contributed by atoms with E-state index in [2.05, 4.69) is 41.5 Å². The molecule has 0 radical (unpaired) electrons. The van der Waals surface area contributed by atoms with Gasteiger partial charge in [0.25, 0.3) is 0 Å². The zero-order valence-electron chi connectivity index (χ0n) is 14.8. The molecule has 0 aliphatic heterocycles. The van der Waals surface area contributed by atoms with Crippen LogP contribution >= 0.6 is 0 Å². The van der Waals surface area contributed by atoms with Gasteiger partial charge in [0.15, 0.2) is 5.76 Å². The van der Waals surface area contributed by atoms with Crippen LogP contribution in [0.15, 0.2) is 16.5 Å². The Bertz CT molecular complexity index is 418. The van der Waals surface area contributed by atoms with Crippen LogP contribution < -0.4 is 0 Å². The highest BCUT2D eigenvalue weighted by Crippen LogP contribution is 2.30. The van der Waals surface area contributed by atoms with E-state index in [0.29, 0.717) is 12.0 Å². The van der Waals surface area contributed by atoms with E-state index in [9.17, 15) is 0 Å². The standard InChI is InChI=1S/C18H32O3/c1-8-17(4,5)12-13-19-16(21-18(6,7)9-2)15-11-10-14(3)20-15/h10-11,16H,8-9,12-13H2,1-7H3. The minimum Gasteiger partial charge on any atom is -0.461 e. The molecular weight excluding hydrogens is 264 g/mol. The quantitative estimate of drug-likeness (QED) is 0.553. The molecule has 0 aliphatic carbocycles. The molecule has 3 nitrogen and oxygen atoms in total. The molecule has 1 heterocycles. The molecule has 0 saturated carbocycles. The number of rotatable bonds is 9. The van der Waals surface area contributed by atoms with E-state index in [4.69, 9.17) is 13.9 Å². The molecular formula is C18H32O3. The molecule has 0 saturated heterocycles. The molecule has 0 bridgehead atoms. The predicted octanol–water partition coefficient (Wildman–Crippen LogP) is 5.63. The summed E-state index contributed by atoms with van der Waals surface area (Å²) in [7, 11) is 0. The number of hydrogen-bond acceptors (Lipinski definition) is 3. The van der Waals surface area contributed by atoms with Gasteiger partial charge in [-0.2, -0.15) is 0 Å². The third-order valence-corrected chi connectivity index (χ3v) is 4.28. The second-order valence-electron chi connectivity index (χ2n) is 7.15. The molecule has 122 valence electrons. The molecule has 0 aromatic carbocycles. The molecule has 21 heavy (non-hydrogen) atoms. The van der Waals surface area contributed by atoms with Crippen LogP contribution in [0.3, 0.4) is 0 Å². The molecule has 1 unspecified atom stereocenters. The van der Waals surface area contributed by atoms with Gasteiger partial charge in [0.1, 0.15) is 5.76 Å². The van der Waals surface area contributed by atoms with E-state index in [0.717, 1.165) is 30.8 Å². The fourth-order valence-corrected chi connectivity index (χ4v) is 1.75. The molecule has 1 aromatic heterocycles. The summed E-state index contributed by atoms with van der Waals surface area (Å²) in [6.07, 6.45) is 2.64. The minimum absolute atomic E-state index is 0.231. The van der Waals surface area contributed by atoms with Crippen molar-refractivity contribution >= 4 is 0 Å². The van der Waals surface area contributed by atoms with Gasteiger partial charge in [0.2, 0.25) is 6.29 Å². The maximum Gasteiger partial charge on any atom is 0.217 e. The summed E-state index contributed by atoms with van der Waals surface area (Å²) in [6, 6.07) is 3.89. The van der Waals surface area contributed by atoms with Crippen LogP contribution in [0.2, 0.25) is 0 Å². The van der Waals surface area contributed by atoms with Gasteiger partial charge in [-0.1, -0.05) is 34.1 Å². The van der Waals surface area contributed by atoms with Gasteiger partial charge >= 0.3 is 0 Å².